The Labute approximate surface area is 99.0 Å². The number of hydrogen-bond donors (Lipinski definition) is 1. The smallest absolute Gasteiger partial charge is 0.221 e. The minimum Gasteiger partial charge on any atom is -0.496 e. The number of carbonyl (C=O) groups is 2. The van der Waals surface area contributed by atoms with Gasteiger partial charge in [-0.15, -0.1) is 0 Å². The van der Waals surface area contributed by atoms with Crippen molar-refractivity contribution in [1.82, 2.24) is 5.32 Å². The summed E-state index contributed by atoms with van der Waals surface area (Å²) in [5, 5.41) is 2.82. The highest BCUT2D eigenvalue weighted by atomic mass is 16.5. The van der Waals surface area contributed by atoms with Crippen LogP contribution in [0.15, 0.2) is 18.2 Å². The number of ether oxygens (including phenoxy) is 1. The van der Waals surface area contributed by atoms with E-state index in [9.17, 15) is 9.59 Å². The van der Waals surface area contributed by atoms with Crippen LogP contribution in [0.1, 0.15) is 28.8 Å². The number of fused-ring (bicyclic) bond motifs is 2. The van der Waals surface area contributed by atoms with Gasteiger partial charge in [0, 0.05) is 24.8 Å². The third-order valence-corrected chi connectivity index (χ3v) is 3.72. The minimum atomic E-state index is -0.335. The average molecular weight is 231 g/mol. The molecule has 1 amide bonds. The number of benzene rings is 1. The molecular formula is C13H13NO3. The maximum atomic E-state index is 12.1. The van der Waals surface area contributed by atoms with Crippen LogP contribution in [-0.4, -0.2) is 25.3 Å². The first-order chi connectivity index (χ1) is 8.16. The van der Waals surface area contributed by atoms with Gasteiger partial charge < -0.3 is 10.1 Å². The number of hydrogen-bond acceptors (Lipinski definition) is 3. The Balaban J connectivity index is 2.17. The van der Waals surface area contributed by atoms with Crippen molar-refractivity contribution in [2.75, 3.05) is 13.7 Å². The first-order valence-corrected chi connectivity index (χ1v) is 5.64. The van der Waals surface area contributed by atoms with Crippen LogP contribution >= 0.6 is 0 Å². The van der Waals surface area contributed by atoms with Crippen LogP contribution < -0.4 is 10.1 Å². The van der Waals surface area contributed by atoms with E-state index in [0.717, 1.165) is 5.56 Å². The topological polar surface area (TPSA) is 55.4 Å². The summed E-state index contributed by atoms with van der Waals surface area (Å²) in [6, 6.07) is 5.60. The number of carbonyl (C=O) groups excluding carboxylic acids is 2. The molecule has 88 valence electrons. The summed E-state index contributed by atoms with van der Waals surface area (Å²) in [4.78, 5) is 23.5. The van der Waals surface area contributed by atoms with Gasteiger partial charge >= 0.3 is 0 Å². The highest BCUT2D eigenvalue weighted by Crippen LogP contribution is 2.46. The molecule has 0 bridgehead atoms. The molecule has 1 aromatic carbocycles. The molecule has 17 heavy (non-hydrogen) atoms. The van der Waals surface area contributed by atoms with Gasteiger partial charge in [-0.2, -0.15) is 0 Å². The Morgan fingerprint density at radius 1 is 1.29 bits per heavy atom. The molecule has 2 aliphatic rings. The van der Waals surface area contributed by atoms with Crippen LogP contribution in [0.4, 0.5) is 0 Å². The summed E-state index contributed by atoms with van der Waals surface area (Å²) in [5.41, 5.74) is 1.28. The average Bonchev–Trinajstić information content (AvgIpc) is 2.82. The lowest BCUT2D eigenvalue weighted by Crippen LogP contribution is -2.26. The van der Waals surface area contributed by atoms with E-state index in [1.165, 1.54) is 0 Å². The Morgan fingerprint density at radius 2 is 2.12 bits per heavy atom. The fourth-order valence-electron chi connectivity index (χ4n) is 2.94. The molecule has 1 spiro atoms. The summed E-state index contributed by atoms with van der Waals surface area (Å²) in [6.07, 6.45) is 0.806. The van der Waals surface area contributed by atoms with Crippen molar-refractivity contribution in [3.8, 4) is 5.75 Å². The number of nitrogens with one attached hydrogen (secondary N) is 1. The predicted octanol–water partition coefficient (Wildman–Crippen LogP) is 1.04. The van der Waals surface area contributed by atoms with Gasteiger partial charge in [-0.25, -0.2) is 0 Å². The first-order valence-electron chi connectivity index (χ1n) is 5.64. The van der Waals surface area contributed by atoms with Gasteiger partial charge in [0.2, 0.25) is 5.91 Å². The highest BCUT2D eigenvalue weighted by Gasteiger charge is 2.49. The zero-order chi connectivity index (χ0) is 12.0. The lowest BCUT2D eigenvalue weighted by molar-refractivity contribution is -0.119. The van der Waals surface area contributed by atoms with E-state index in [-0.39, 0.29) is 17.1 Å². The van der Waals surface area contributed by atoms with Gasteiger partial charge in [-0.05, 0) is 11.6 Å². The molecule has 1 saturated heterocycles. The van der Waals surface area contributed by atoms with Crippen molar-refractivity contribution in [2.24, 2.45) is 0 Å². The SMILES string of the molecule is COc1cccc2c1C(=O)CC21CNC(=O)C1. The van der Waals surface area contributed by atoms with Crippen molar-refractivity contribution in [1.29, 1.82) is 0 Å². The van der Waals surface area contributed by atoms with Crippen LogP contribution in [0.3, 0.4) is 0 Å². The maximum absolute atomic E-state index is 12.1. The molecular weight excluding hydrogens is 218 g/mol. The Kier molecular flexibility index (Phi) is 2.02. The van der Waals surface area contributed by atoms with E-state index in [1.54, 1.807) is 13.2 Å². The molecule has 1 aliphatic carbocycles. The molecule has 4 heteroatoms. The quantitative estimate of drug-likeness (QED) is 0.785. The van der Waals surface area contributed by atoms with Crippen LogP contribution in [0, 0.1) is 0 Å². The van der Waals surface area contributed by atoms with Crippen LogP contribution in [-0.2, 0) is 10.2 Å². The molecule has 3 rings (SSSR count). The van der Waals surface area contributed by atoms with Gasteiger partial charge in [-0.1, -0.05) is 12.1 Å². The Morgan fingerprint density at radius 3 is 2.76 bits per heavy atom. The lowest BCUT2D eigenvalue weighted by Gasteiger charge is -2.21. The zero-order valence-electron chi connectivity index (χ0n) is 9.58. The van der Waals surface area contributed by atoms with Crippen molar-refractivity contribution < 1.29 is 14.3 Å². The molecule has 1 aliphatic heterocycles. The minimum absolute atomic E-state index is 0.0217. The van der Waals surface area contributed by atoms with E-state index >= 15 is 0 Å². The predicted molar refractivity (Wildman–Crippen MR) is 61.2 cm³/mol. The van der Waals surface area contributed by atoms with Gasteiger partial charge in [-0.3, -0.25) is 9.59 Å². The second-order valence-corrected chi connectivity index (χ2v) is 4.72. The van der Waals surface area contributed by atoms with Crippen molar-refractivity contribution in [3.63, 3.8) is 0 Å². The van der Waals surface area contributed by atoms with Gasteiger partial charge in [0.25, 0.3) is 0 Å². The summed E-state index contributed by atoms with van der Waals surface area (Å²) < 4.78 is 5.23. The number of Topliss-reactive ketones (excluding diaryl/α,β-unsaturated/α-hetero) is 1. The Hall–Kier alpha value is -1.84. The van der Waals surface area contributed by atoms with Crippen molar-refractivity contribution in [3.05, 3.63) is 29.3 Å². The third-order valence-electron chi connectivity index (χ3n) is 3.72. The molecule has 1 N–H and O–H groups in total. The largest absolute Gasteiger partial charge is 0.496 e. The van der Waals surface area contributed by atoms with E-state index in [4.69, 9.17) is 4.74 Å². The molecule has 4 nitrogen and oxygen atoms in total. The van der Waals surface area contributed by atoms with Gasteiger partial charge in [0.1, 0.15) is 5.75 Å². The van der Waals surface area contributed by atoms with Crippen molar-refractivity contribution >= 4 is 11.7 Å². The molecule has 0 saturated carbocycles. The van der Waals surface area contributed by atoms with Crippen molar-refractivity contribution in [2.45, 2.75) is 18.3 Å². The summed E-state index contributed by atoms with van der Waals surface area (Å²) in [7, 11) is 1.56. The molecule has 1 atom stereocenters. The molecule has 1 fully saturated rings. The lowest BCUT2D eigenvalue weighted by atomic mass is 9.81. The first kappa shape index (κ1) is 10.3. The fraction of sp³-hybridized carbons (Fsp3) is 0.385. The monoisotopic (exact) mass is 231 g/mol. The molecule has 1 unspecified atom stereocenters. The van der Waals surface area contributed by atoms with E-state index in [2.05, 4.69) is 5.32 Å². The third kappa shape index (κ3) is 1.30. The molecule has 0 radical (unpaired) electrons. The van der Waals surface area contributed by atoms with Gasteiger partial charge in [0.15, 0.2) is 5.78 Å². The normalized spacial score (nSPS) is 26.2. The molecule has 0 aromatic heterocycles. The highest BCUT2D eigenvalue weighted by molar-refractivity contribution is 6.06. The number of amides is 1. The van der Waals surface area contributed by atoms with E-state index in [0.29, 0.717) is 30.7 Å². The van der Waals surface area contributed by atoms with Crippen LogP contribution in [0.25, 0.3) is 0 Å². The standard InChI is InChI=1S/C13H13NO3/c1-17-10-4-2-3-8-12(10)9(15)5-13(8)6-11(16)14-7-13/h2-4H,5-7H2,1H3,(H,14,16). The second kappa shape index (κ2) is 3.32. The second-order valence-electron chi connectivity index (χ2n) is 4.72. The summed E-state index contributed by atoms with van der Waals surface area (Å²) in [5.74, 6) is 0.714. The molecule has 1 aromatic rings. The van der Waals surface area contributed by atoms with Gasteiger partial charge in [0.05, 0.1) is 12.7 Å². The van der Waals surface area contributed by atoms with E-state index in [1.807, 2.05) is 12.1 Å². The number of methoxy groups -OCH3 is 1. The summed E-state index contributed by atoms with van der Waals surface area (Å²) >= 11 is 0. The fourth-order valence-corrected chi connectivity index (χ4v) is 2.94. The molecule has 1 heterocycles. The van der Waals surface area contributed by atoms with Crippen LogP contribution in [0.2, 0.25) is 0 Å². The Bertz CT molecular complexity index is 523. The summed E-state index contributed by atoms with van der Waals surface area (Å²) in [6.45, 7) is 0.553. The van der Waals surface area contributed by atoms with E-state index < -0.39 is 0 Å². The maximum Gasteiger partial charge on any atom is 0.221 e. The van der Waals surface area contributed by atoms with Crippen LogP contribution in [0.5, 0.6) is 5.75 Å². The zero-order valence-corrected chi connectivity index (χ0v) is 9.58. The number of ketones is 1. The number of rotatable bonds is 1.